The molecule has 0 saturated heterocycles. The molecule has 0 radical (unpaired) electrons. The lowest BCUT2D eigenvalue weighted by molar-refractivity contribution is -0.121. The molecule has 6 heteroatoms. The minimum Gasteiger partial charge on any atom is -0.408 e. The Labute approximate surface area is 137 Å². The van der Waals surface area contributed by atoms with Crippen molar-refractivity contribution in [3.63, 3.8) is 0 Å². The maximum absolute atomic E-state index is 12.0. The smallest absolute Gasteiger partial charge is 0.408 e. The molecule has 0 fully saturated rings. The number of fused-ring (bicyclic) bond motifs is 1. The number of carbonyl (C=O) groups excluding carboxylic acids is 1. The number of hydrogen-bond donors (Lipinski definition) is 1. The van der Waals surface area contributed by atoms with Crippen LogP contribution >= 0.6 is 11.6 Å². The average molecular weight is 331 g/mol. The third-order valence-corrected chi connectivity index (χ3v) is 3.75. The van der Waals surface area contributed by atoms with Crippen molar-refractivity contribution in [2.75, 3.05) is 6.54 Å². The molecule has 0 aliphatic heterocycles. The van der Waals surface area contributed by atoms with Crippen molar-refractivity contribution in [2.24, 2.45) is 0 Å². The highest BCUT2D eigenvalue weighted by Crippen LogP contribution is 2.18. The molecular formula is C17H15ClN2O3. The number of rotatable bonds is 5. The highest BCUT2D eigenvalue weighted by atomic mass is 35.5. The van der Waals surface area contributed by atoms with Gasteiger partial charge in [0.1, 0.15) is 6.54 Å². The molecule has 5 nitrogen and oxygen atoms in total. The van der Waals surface area contributed by atoms with Gasteiger partial charge in [-0.1, -0.05) is 41.9 Å². The van der Waals surface area contributed by atoms with E-state index in [2.05, 4.69) is 5.32 Å². The van der Waals surface area contributed by atoms with E-state index in [1.807, 2.05) is 30.3 Å². The second-order valence-corrected chi connectivity index (χ2v) is 5.59. The van der Waals surface area contributed by atoms with E-state index in [4.69, 9.17) is 16.0 Å². The first-order chi connectivity index (χ1) is 11.1. The van der Waals surface area contributed by atoms with Crippen LogP contribution in [-0.2, 0) is 17.8 Å². The summed E-state index contributed by atoms with van der Waals surface area (Å²) in [5, 5.41) is 3.28. The minimum absolute atomic E-state index is 0.0811. The van der Waals surface area contributed by atoms with Crippen LogP contribution in [0.15, 0.2) is 57.7 Å². The van der Waals surface area contributed by atoms with E-state index in [1.54, 1.807) is 18.2 Å². The summed E-state index contributed by atoms with van der Waals surface area (Å²) in [5.74, 6) is -0.804. The molecule has 1 amide bonds. The lowest BCUT2D eigenvalue weighted by atomic mass is 10.1. The normalized spacial score (nSPS) is 10.8. The molecular weight excluding hydrogens is 316 g/mol. The van der Waals surface area contributed by atoms with E-state index >= 15 is 0 Å². The topological polar surface area (TPSA) is 64.2 Å². The standard InChI is InChI=1S/C17H15ClN2O3/c18-13-6-7-14-15(10-13)23-17(22)20(14)11-16(21)19-9-8-12-4-2-1-3-5-12/h1-7,10H,8-9,11H2,(H,19,21). The fraction of sp³-hybridized carbons (Fsp3) is 0.176. The van der Waals surface area contributed by atoms with E-state index in [1.165, 1.54) is 4.57 Å². The maximum Gasteiger partial charge on any atom is 0.420 e. The molecule has 1 N–H and O–H groups in total. The van der Waals surface area contributed by atoms with Crippen LogP contribution in [0.4, 0.5) is 0 Å². The largest absolute Gasteiger partial charge is 0.420 e. The summed E-state index contributed by atoms with van der Waals surface area (Å²) >= 11 is 5.86. The summed E-state index contributed by atoms with van der Waals surface area (Å²) in [6.45, 7) is 0.432. The minimum atomic E-state index is -0.569. The molecule has 0 bridgehead atoms. The molecule has 0 aliphatic rings. The van der Waals surface area contributed by atoms with Crippen LogP contribution in [0, 0.1) is 0 Å². The zero-order valence-electron chi connectivity index (χ0n) is 12.3. The highest BCUT2D eigenvalue weighted by Gasteiger charge is 2.12. The molecule has 3 rings (SSSR count). The summed E-state index contributed by atoms with van der Waals surface area (Å²) in [4.78, 5) is 23.9. The van der Waals surface area contributed by atoms with Gasteiger partial charge in [0, 0.05) is 17.6 Å². The van der Waals surface area contributed by atoms with Crippen LogP contribution in [0.5, 0.6) is 0 Å². The Balaban J connectivity index is 1.64. The zero-order valence-corrected chi connectivity index (χ0v) is 13.0. The van der Waals surface area contributed by atoms with Crippen molar-refractivity contribution in [3.05, 3.63) is 69.7 Å². The Bertz CT molecular complexity index is 884. The van der Waals surface area contributed by atoms with Gasteiger partial charge in [0.25, 0.3) is 0 Å². The quantitative estimate of drug-likeness (QED) is 0.782. The summed E-state index contributed by atoms with van der Waals surface area (Å²) in [7, 11) is 0. The van der Waals surface area contributed by atoms with E-state index in [-0.39, 0.29) is 12.5 Å². The van der Waals surface area contributed by atoms with Gasteiger partial charge in [-0.15, -0.1) is 0 Å². The van der Waals surface area contributed by atoms with Gasteiger partial charge in [-0.3, -0.25) is 9.36 Å². The lowest BCUT2D eigenvalue weighted by Gasteiger charge is -2.06. The number of nitrogens with one attached hydrogen (secondary N) is 1. The predicted octanol–water partition coefficient (Wildman–Crippen LogP) is 2.61. The van der Waals surface area contributed by atoms with Gasteiger partial charge in [0.05, 0.1) is 5.52 Å². The Kier molecular flexibility index (Phi) is 4.48. The van der Waals surface area contributed by atoms with Crippen molar-refractivity contribution >= 4 is 28.6 Å². The van der Waals surface area contributed by atoms with Crippen LogP contribution in [0.25, 0.3) is 11.1 Å². The Morgan fingerprint density at radius 1 is 1.17 bits per heavy atom. The number of benzene rings is 2. The Morgan fingerprint density at radius 3 is 2.74 bits per heavy atom. The SMILES string of the molecule is O=C(Cn1c(=O)oc2cc(Cl)ccc21)NCCc1ccccc1. The summed E-state index contributed by atoms with van der Waals surface area (Å²) < 4.78 is 6.39. The third kappa shape index (κ3) is 3.63. The van der Waals surface area contributed by atoms with Gasteiger partial charge < -0.3 is 9.73 Å². The molecule has 0 atom stereocenters. The van der Waals surface area contributed by atoms with Gasteiger partial charge >= 0.3 is 5.76 Å². The number of carbonyl (C=O) groups is 1. The fourth-order valence-corrected chi connectivity index (χ4v) is 2.54. The van der Waals surface area contributed by atoms with Crippen LogP contribution in [0.1, 0.15) is 5.56 Å². The number of oxazole rings is 1. The molecule has 0 spiro atoms. The number of hydrogen-bond acceptors (Lipinski definition) is 3. The monoisotopic (exact) mass is 330 g/mol. The number of nitrogens with zero attached hydrogens (tertiary/aromatic N) is 1. The first-order valence-corrected chi connectivity index (χ1v) is 7.61. The second-order valence-electron chi connectivity index (χ2n) is 5.15. The van der Waals surface area contributed by atoms with Crippen LogP contribution < -0.4 is 11.1 Å². The maximum atomic E-state index is 12.0. The number of halogens is 1. The molecule has 0 aliphatic carbocycles. The molecule has 1 heterocycles. The first-order valence-electron chi connectivity index (χ1n) is 7.23. The van der Waals surface area contributed by atoms with Gasteiger partial charge in [-0.25, -0.2) is 4.79 Å². The lowest BCUT2D eigenvalue weighted by Crippen LogP contribution is -2.32. The number of aromatic nitrogens is 1. The van der Waals surface area contributed by atoms with E-state index in [0.29, 0.717) is 22.7 Å². The third-order valence-electron chi connectivity index (χ3n) is 3.51. The van der Waals surface area contributed by atoms with Crippen molar-refractivity contribution < 1.29 is 9.21 Å². The van der Waals surface area contributed by atoms with E-state index in [9.17, 15) is 9.59 Å². The summed E-state index contributed by atoms with van der Waals surface area (Å²) in [6.07, 6.45) is 0.739. The highest BCUT2D eigenvalue weighted by molar-refractivity contribution is 6.31. The van der Waals surface area contributed by atoms with Gasteiger partial charge in [-0.2, -0.15) is 0 Å². The summed E-state index contributed by atoms with van der Waals surface area (Å²) in [6, 6.07) is 14.8. The first kappa shape index (κ1) is 15.4. The van der Waals surface area contributed by atoms with E-state index in [0.717, 1.165) is 12.0 Å². The van der Waals surface area contributed by atoms with Crippen LogP contribution in [-0.4, -0.2) is 17.0 Å². The Hall–Kier alpha value is -2.53. The molecule has 0 unspecified atom stereocenters. The number of amides is 1. The molecule has 0 saturated carbocycles. The van der Waals surface area contributed by atoms with Gasteiger partial charge in [0.15, 0.2) is 5.58 Å². The Morgan fingerprint density at radius 2 is 1.96 bits per heavy atom. The van der Waals surface area contributed by atoms with E-state index < -0.39 is 5.76 Å². The molecule has 1 aromatic heterocycles. The van der Waals surface area contributed by atoms with Crippen molar-refractivity contribution in [2.45, 2.75) is 13.0 Å². The summed E-state index contributed by atoms with van der Waals surface area (Å²) in [5.41, 5.74) is 2.07. The molecule has 2 aromatic carbocycles. The fourth-order valence-electron chi connectivity index (χ4n) is 2.38. The van der Waals surface area contributed by atoms with Crippen LogP contribution in [0.3, 0.4) is 0 Å². The molecule has 23 heavy (non-hydrogen) atoms. The predicted molar refractivity (Wildman–Crippen MR) is 88.6 cm³/mol. The average Bonchev–Trinajstić information content (AvgIpc) is 2.83. The molecule has 3 aromatic rings. The zero-order chi connectivity index (χ0) is 16.2. The van der Waals surface area contributed by atoms with Gasteiger partial charge in [-0.05, 0) is 24.1 Å². The van der Waals surface area contributed by atoms with Crippen molar-refractivity contribution in [1.29, 1.82) is 0 Å². The van der Waals surface area contributed by atoms with Gasteiger partial charge in [0.2, 0.25) is 5.91 Å². The molecule has 118 valence electrons. The van der Waals surface area contributed by atoms with Crippen LogP contribution in [0.2, 0.25) is 5.02 Å². The second kappa shape index (κ2) is 6.71. The van der Waals surface area contributed by atoms with Crippen molar-refractivity contribution in [1.82, 2.24) is 9.88 Å². The van der Waals surface area contributed by atoms with Crippen molar-refractivity contribution in [3.8, 4) is 0 Å².